The third-order valence-corrected chi connectivity index (χ3v) is 3.94. The summed E-state index contributed by atoms with van der Waals surface area (Å²) in [5.74, 6) is -2.45. The number of H-pyrrole nitrogens is 1. The monoisotopic (exact) mass is 380 g/mol. The molecule has 9 heteroatoms. The molecule has 0 aliphatic carbocycles. The minimum absolute atomic E-state index is 0.0335. The number of carboxylic acids is 1. The van der Waals surface area contributed by atoms with Crippen molar-refractivity contribution in [1.82, 2.24) is 20.6 Å². The van der Waals surface area contributed by atoms with E-state index in [0.29, 0.717) is 12.1 Å². The molecule has 0 radical (unpaired) electrons. The zero-order chi connectivity index (χ0) is 20.9. The van der Waals surface area contributed by atoms with Crippen LogP contribution in [0.1, 0.15) is 68.8 Å². The fourth-order valence-corrected chi connectivity index (χ4v) is 2.47. The van der Waals surface area contributed by atoms with Gasteiger partial charge in [-0.15, -0.1) is 0 Å². The van der Waals surface area contributed by atoms with Crippen LogP contribution in [0.5, 0.6) is 0 Å². The number of amides is 2. The molecule has 0 bridgehead atoms. The van der Waals surface area contributed by atoms with Gasteiger partial charge in [0.1, 0.15) is 23.5 Å². The summed E-state index contributed by atoms with van der Waals surface area (Å²) in [6.07, 6.45) is 0.323. The normalized spacial score (nSPS) is 13.3. The lowest BCUT2D eigenvalue weighted by atomic mass is 10.0. The van der Waals surface area contributed by atoms with E-state index >= 15 is 0 Å². The number of hydrogen-bond acceptors (Lipinski definition) is 5. The number of carbonyl (C=O) groups excluding carboxylic acids is 2. The van der Waals surface area contributed by atoms with E-state index in [1.807, 2.05) is 13.8 Å². The van der Waals surface area contributed by atoms with Gasteiger partial charge in [-0.2, -0.15) is 0 Å². The van der Waals surface area contributed by atoms with Crippen molar-refractivity contribution in [3.05, 3.63) is 27.4 Å². The molecular weight excluding hydrogens is 352 g/mol. The maximum absolute atomic E-state index is 12.7. The molecule has 1 rings (SSSR count). The van der Waals surface area contributed by atoms with E-state index in [0.717, 1.165) is 0 Å². The summed E-state index contributed by atoms with van der Waals surface area (Å²) in [5.41, 5.74) is 0.205. The first-order chi connectivity index (χ1) is 12.4. The number of aryl methyl sites for hydroxylation is 1. The van der Waals surface area contributed by atoms with Gasteiger partial charge in [-0.1, -0.05) is 27.7 Å². The Kier molecular flexibility index (Phi) is 7.68. The summed E-state index contributed by atoms with van der Waals surface area (Å²) in [6.45, 7) is 10.2. The molecule has 0 fully saturated rings. The maximum Gasteiger partial charge on any atom is 0.325 e. The quantitative estimate of drug-likeness (QED) is 0.529. The van der Waals surface area contributed by atoms with E-state index in [2.05, 4.69) is 20.6 Å². The van der Waals surface area contributed by atoms with Crippen LogP contribution >= 0.6 is 0 Å². The zero-order valence-electron chi connectivity index (χ0n) is 16.5. The number of rotatable bonds is 8. The highest BCUT2D eigenvalue weighted by atomic mass is 16.4. The van der Waals surface area contributed by atoms with Gasteiger partial charge in [0.2, 0.25) is 5.91 Å². The Balaban J connectivity index is 3.10. The predicted molar refractivity (Wildman–Crippen MR) is 99.6 cm³/mol. The molecule has 150 valence electrons. The second-order valence-electron chi connectivity index (χ2n) is 7.30. The van der Waals surface area contributed by atoms with Gasteiger partial charge in [-0.3, -0.25) is 19.2 Å². The molecule has 0 saturated heterocycles. The van der Waals surface area contributed by atoms with Crippen LogP contribution in [0.4, 0.5) is 0 Å². The van der Waals surface area contributed by atoms with E-state index in [4.69, 9.17) is 5.11 Å². The molecule has 9 nitrogen and oxygen atoms in total. The molecule has 2 atom stereocenters. The highest BCUT2D eigenvalue weighted by Crippen LogP contribution is 2.11. The Morgan fingerprint density at radius 1 is 1.11 bits per heavy atom. The van der Waals surface area contributed by atoms with Crippen LogP contribution in [0.3, 0.4) is 0 Å². The van der Waals surface area contributed by atoms with Gasteiger partial charge >= 0.3 is 5.97 Å². The number of carboxylic acid groups (broad SMARTS) is 1. The van der Waals surface area contributed by atoms with Crippen LogP contribution in [0.25, 0.3) is 0 Å². The first kappa shape index (κ1) is 22.3. The lowest BCUT2D eigenvalue weighted by molar-refractivity contribution is -0.141. The first-order valence-corrected chi connectivity index (χ1v) is 8.88. The highest BCUT2D eigenvalue weighted by molar-refractivity contribution is 5.97. The largest absolute Gasteiger partial charge is 0.480 e. The number of aliphatic carboxylic acids is 1. The van der Waals surface area contributed by atoms with Gasteiger partial charge < -0.3 is 20.7 Å². The first-order valence-electron chi connectivity index (χ1n) is 8.88. The van der Waals surface area contributed by atoms with Crippen molar-refractivity contribution < 1.29 is 19.5 Å². The fraction of sp³-hybridized carbons (Fsp3) is 0.611. The lowest BCUT2D eigenvalue weighted by Crippen LogP contribution is -2.51. The topological polar surface area (TPSA) is 141 Å². The molecule has 1 aromatic rings. The Hall–Kier alpha value is -2.71. The molecule has 2 amide bonds. The van der Waals surface area contributed by atoms with E-state index in [-0.39, 0.29) is 28.8 Å². The minimum Gasteiger partial charge on any atom is -0.480 e. The van der Waals surface area contributed by atoms with Gasteiger partial charge in [-0.05, 0) is 26.2 Å². The van der Waals surface area contributed by atoms with Gasteiger partial charge in [-0.25, -0.2) is 4.98 Å². The third kappa shape index (κ3) is 6.19. The summed E-state index contributed by atoms with van der Waals surface area (Å²) >= 11 is 0. The summed E-state index contributed by atoms with van der Waals surface area (Å²) in [5, 5.41) is 13.9. The molecule has 0 saturated carbocycles. The summed E-state index contributed by atoms with van der Waals surface area (Å²) in [4.78, 5) is 54.8. The highest BCUT2D eigenvalue weighted by Gasteiger charge is 2.27. The maximum atomic E-state index is 12.7. The SMILES string of the molecule is Cc1[nH]c(=O)c(C(C)C)nc1C(=O)N[C@H](CC(C)C)C(=O)N[C@@H](C)C(=O)O. The van der Waals surface area contributed by atoms with Crippen molar-refractivity contribution in [3.8, 4) is 0 Å². The average Bonchev–Trinajstić information content (AvgIpc) is 2.52. The number of nitrogens with zero attached hydrogens (tertiary/aromatic N) is 1. The molecule has 1 aromatic heterocycles. The van der Waals surface area contributed by atoms with Crippen LogP contribution in [0.15, 0.2) is 4.79 Å². The minimum atomic E-state index is -1.17. The summed E-state index contributed by atoms with van der Waals surface area (Å²) in [7, 11) is 0. The van der Waals surface area contributed by atoms with Crippen molar-refractivity contribution in [2.75, 3.05) is 0 Å². The number of carbonyl (C=O) groups is 3. The molecular formula is C18H28N4O5. The van der Waals surface area contributed by atoms with Gasteiger partial charge in [0.15, 0.2) is 0 Å². The lowest BCUT2D eigenvalue weighted by Gasteiger charge is -2.21. The smallest absolute Gasteiger partial charge is 0.325 e. The molecule has 0 unspecified atom stereocenters. The van der Waals surface area contributed by atoms with Crippen molar-refractivity contribution in [3.63, 3.8) is 0 Å². The second kappa shape index (κ2) is 9.29. The Morgan fingerprint density at radius 3 is 2.19 bits per heavy atom. The van der Waals surface area contributed by atoms with Crippen molar-refractivity contribution >= 4 is 17.8 Å². The van der Waals surface area contributed by atoms with Crippen molar-refractivity contribution in [1.29, 1.82) is 0 Å². The van der Waals surface area contributed by atoms with E-state index in [1.54, 1.807) is 20.8 Å². The Bertz CT molecular complexity index is 770. The molecule has 0 aliphatic rings. The molecule has 0 aliphatic heterocycles. The van der Waals surface area contributed by atoms with E-state index in [9.17, 15) is 19.2 Å². The van der Waals surface area contributed by atoms with Crippen LogP contribution in [-0.2, 0) is 9.59 Å². The summed E-state index contributed by atoms with van der Waals surface area (Å²) < 4.78 is 0. The second-order valence-corrected chi connectivity index (χ2v) is 7.30. The van der Waals surface area contributed by atoms with Crippen LogP contribution in [0, 0.1) is 12.8 Å². The van der Waals surface area contributed by atoms with Crippen LogP contribution in [-0.4, -0.2) is 44.9 Å². The predicted octanol–water partition coefficient (Wildman–Crippen LogP) is 0.936. The molecule has 27 heavy (non-hydrogen) atoms. The standard InChI is InChI=1S/C18H28N4O5/c1-8(2)7-12(15(23)20-11(6)18(26)27)21-17(25)14-10(5)19-16(24)13(22-14)9(3)4/h8-9,11-12H,7H2,1-6H3,(H,19,24)(H,20,23)(H,21,25)(H,26,27)/t11-,12+/m0/s1. The van der Waals surface area contributed by atoms with Crippen molar-refractivity contribution in [2.24, 2.45) is 5.92 Å². The number of nitrogens with one attached hydrogen (secondary N) is 3. The Morgan fingerprint density at radius 2 is 1.70 bits per heavy atom. The molecule has 4 N–H and O–H groups in total. The fourth-order valence-electron chi connectivity index (χ4n) is 2.47. The molecule has 0 spiro atoms. The third-order valence-electron chi connectivity index (χ3n) is 3.94. The average molecular weight is 380 g/mol. The van der Waals surface area contributed by atoms with Gasteiger partial charge in [0.05, 0.1) is 0 Å². The van der Waals surface area contributed by atoms with Gasteiger partial charge in [0.25, 0.3) is 11.5 Å². The number of hydrogen-bond donors (Lipinski definition) is 4. The van der Waals surface area contributed by atoms with E-state index in [1.165, 1.54) is 6.92 Å². The number of aromatic nitrogens is 2. The number of aromatic amines is 1. The van der Waals surface area contributed by atoms with Gasteiger partial charge in [0, 0.05) is 11.6 Å². The Labute approximate surface area is 158 Å². The van der Waals surface area contributed by atoms with Crippen LogP contribution in [0.2, 0.25) is 0 Å². The van der Waals surface area contributed by atoms with Crippen molar-refractivity contribution in [2.45, 2.75) is 66.0 Å². The molecule has 1 heterocycles. The summed E-state index contributed by atoms with van der Waals surface area (Å²) in [6, 6.07) is -2.00. The van der Waals surface area contributed by atoms with E-state index < -0.39 is 29.9 Å². The molecule has 0 aromatic carbocycles. The van der Waals surface area contributed by atoms with Crippen LogP contribution < -0.4 is 16.2 Å². The zero-order valence-corrected chi connectivity index (χ0v) is 16.5.